The highest BCUT2D eigenvalue weighted by atomic mass is 35.6. The maximum absolute atomic E-state index is 5.47. The van der Waals surface area contributed by atoms with Crippen LogP contribution in [0.15, 0.2) is 6.07 Å². The van der Waals surface area contributed by atoms with E-state index in [9.17, 15) is 0 Å². The standard InChI is InChI=1S/C4H2Cl4N2/c5-3-1-2(9-10-3)4(6,7)8/h1H,(H,9,10). The summed E-state index contributed by atoms with van der Waals surface area (Å²) in [5, 5.41) is 6.32. The molecular formula is C4H2Cl4N2. The van der Waals surface area contributed by atoms with E-state index in [0.29, 0.717) is 5.69 Å². The van der Waals surface area contributed by atoms with E-state index < -0.39 is 3.79 Å². The summed E-state index contributed by atoms with van der Waals surface area (Å²) in [4.78, 5) is 0. The molecule has 10 heavy (non-hydrogen) atoms. The van der Waals surface area contributed by atoms with Gasteiger partial charge in [-0.2, -0.15) is 5.10 Å². The van der Waals surface area contributed by atoms with Crippen molar-refractivity contribution >= 4 is 46.4 Å². The Bertz CT molecular complexity index is 225. The van der Waals surface area contributed by atoms with Crippen molar-refractivity contribution in [3.8, 4) is 0 Å². The van der Waals surface area contributed by atoms with E-state index in [-0.39, 0.29) is 5.15 Å². The average molecular weight is 220 g/mol. The van der Waals surface area contributed by atoms with E-state index in [1.165, 1.54) is 6.07 Å². The van der Waals surface area contributed by atoms with Gasteiger partial charge in [0.25, 0.3) is 0 Å². The second kappa shape index (κ2) is 2.78. The Labute approximate surface area is 77.4 Å². The van der Waals surface area contributed by atoms with Crippen LogP contribution in [0.5, 0.6) is 0 Å². The molecule has 1 rings (SSSR count). The lowest BCUT2D eigenvalue weighted by atomic mass is 10.5. The van der Waals surface area contributed by atoms with Crippen LogP contribution in [0.4, 0.5) is 0 Å². The van der Waals surface area contributed by atoms with Gasteiger partial charge in [0.1, 0.15) is 0 Å². The highest BCUT2D eigenvalue weighted by Gasteiger charge is 2.24. The van der Waals surface area contributed by atoms with Crippen molar-refractivity contribution < 1.29 is 0 Å². The molecule has 2 nitrogen and oxygen atoms in total. The molecule has 6 heteroatoms. The van der Waals surface area contributed by atoms with E-state index in [1.807, 2.05) is 0 Å². The van der Waals surface area contributed by atoms with Crippen LogP contribution in [-0.4, -0.2) is 10.2 Å². The lowest BCUT2D eigenvalue weighted by molar-refractivity contribution is 0.999. The van der Waals surface area contributed by atoms with Crippen molar-refractivity contribution in [3.05, 3.63) is 16.9 Å². The molecule has 1 aromatic rings. The highest BCUT2D eigenvalue weighted by Crippen LogP contribution is 2.37. The van der Waals surface area contributed by atoms with Crippen LogP contribution in [0, 0.1) is 0 Å². The Morgan fingerprint density at radius 2 is 2.00 bits per heavy atom. The lowest BCUT2D eigenvalue weighted by Gasteiger charge is -2.05. The molecule has 1 N–H and O–H groups in total. The second-order valence-electron chi connectivity index (χ2n) is 1.60. The van der Waals surface area contributed by atoms with Gasteiger partial charge in [0, 0.05) is 6.07 Å². The summed E-state index contributed by atoms with van der Waals surface area (Å²) < 4.78 is -1.47. The van der Waals surface area contributed by atoms with Crippen molar-refractivity contribution in [3.63, 3.8) is 0 Å². The van der Waals surface area contributed by atoms with E-state index in [1.54, 1.807) is 0 Å². The molecule has 0 saturated carbocycles. The molecule has 0 aromatic carbocycles. The van der Waals surface area contributed by atoms with E-state index in [4.69, 9.17) is 46.4 Å². The molecule has 0 fully saturated rings. The number of hydrogen-bond donors (Lipinski definition) is 1. The fourth-order valence-electron chi connectivity index (χ4n) is 0.443. The van der Waals surface area contributed by atoms with Crippen molar-refractivity contribution in [2.75, 3.05) is 0 Å². The Kier molecular flexibility index (Phi) is 2.35. The molecule has 1 heterocycles. The van der Waals surface area contributed by atoms with Crippen LogP contribution in [-0.2, 0) is 3.79 Å². The lowest BCUT2D eigenvalue weighted by Crippen LogP contribution is -1.99. The summed E-state index contributed by atoms with van der Waals surface area (Å²) in [6.45, 7) is 0. The summed E-state index contributed by atoms with van der Waals surface area (Å²) in [5.41, 5.74) is 0.363. The molecule has 0 aliphatic heterocycles. The number of alkyl halides is 3. The largest absolute Gasteiger partial charge is 0.277 e. The van der Waals surface area contributed by atoms with Crippen molar-refractivity contribution in [1.29, 1.82) is 0 Å². The maximum atomic E-state index is 5.47. The van der Waals surface area contributed by atoms with Gasteiger partial charge in [-0.25, -0.2) is 0 Å². The molecule has 0 spiro atoms. The molecule has 0 saturated heterocycles. The molecule has 0 aliphatic carbocycles. The summed E-state index contributed by atoms with van der Waals surface area (Å²) in [6.07, 6.45) is 0. The monoisotopic (exact) mass is 218 g/mol. The molecule has 0 aliphatic rings. The van der Waals surface area contributed by atoms with Crippen LogP contribution in [0.2, 0.25) is 5.15 Å². The predicted octanol–water partition coefficient (Wildman–Crippen LogP) is 2.89. The van der Waals surface area contributed by atoms with Crippen LogP contribution in [0.1, 0.15) is 5.69 Å². The van der Waals surface area contributed by atoms with Gasteiger partial charge in [-0.3, -0.25) is 5.10 Å². The summed E-state index contributed by atoms with van der Waals surface area (Å²) in [5.74, 6) is 0. The minimum absolute atomic E-state index is 0.279. The van der Waals surface area contributed by atoms with Gasteiger partial charge in [-0.05, 0) is 0 Å². The molecule has 1 aromatic heterocycles. The van der Waals surface area contributed by atoms with Crippen molar-refractivity contribution in [1.82, 2.24) is 10.2 Å². The highest BCUT2D eigenvalue weighted by molar-refractivity contribution is 6.66. The zero-order valence-electron chi connectivity index (χ0n) is 4.54. The number of aromatic amines is 1. The van der Waals surface area contributed by atoms with Crippen LogP contribution < -0.4 is 0 Å². The molecule has 0 bridgehead atoms. The fraction of sp³-hybridized carbons (Fsp3) is 0.250. The van der Waals surface area contributed by atoms with Crippen molar-refractivity contribution in [2.24, 2.45) is 0 Å². The smallest absolute Gasteiger partial charge is 0.232 e. The van der Waals surface area contributed by atoms with E-state index in [2.05, 4.69) is 10.2 Å². The van der Waals surface area contributed by atoms with Crippen LogP contribution in [0.3, 0.4) is 0 Å². The van der Waals surface area contributed by atoms with Crippen LogP contribution >= 0.6 is 46.4 Å². The number of halogens is 4. The van der Waals surface area contributed by atoms with E-state index >= 15 is 0 Å². The molecule has 56 valence electrons. The van der Waals surface area contributed by atoms with Gasteiger partial charge in [0.2, 0.25) is 3.79 Å². The van der Waals surface area contributed by atoms with Crippen LogP contribution in [0.25, 0.3) is 0 Å². The molecule has 0 unspecified atom stereocenters. The van der Waals surface area contributed by atoms with Gasteiger partial charge in [-0.1, -0.05) is 46.4 Å². The first-order valence-corrected chi connectivity index (χ1v) is 3.79. The van der Waals surface area contributed by atoms with Gasteiger partial charge in [0.05, 0.1) is 5.69 Å². The topological polar surface area (TPSA) is 28.7 Å². The third-order valence-electron chi connectivity index (χ3n) is 0.852. The predicted molar refractivity (Wildman–Crippen MR) is 42.8 cm³/mol. The van der Waals surface area contributed by atoms with Crippen molar-refractivity contribution in [2.45, 2.75) is 3.79 Å². The minimum atomic E-state index is -1.47. The zero-order valence-corrected chi connectivity index (χ0v) is 7.56. The number of nitrogens with zero attached hydrogens (tertiary/aromatic N) is 1. The van der Waals surface area contributed by atoms with Gasteiger partial charge in [0.15, 0.2) is 5.15 Å². The molecule has 0 amide bonds. The fourth-order valence-corrected chi connectivity index (χ4v) is 0.884. The summed E-state index contributed by atoms with van der Waals surface area (Å²) >= 11 is 21.9. The normalized spacial score (nSPS) is 12.0. The Balaban J connectivity index is 2.96. The number of H-pyrrole nitrogens is 1. The SMILES string of the molecule is Clc1cc(C(Cl)(Cl)Cl)[nH]n1. The molecule has 0 atom stereocenters. The summed E-state index contributed by atoms with van der Waals surface area (Å²) in [7, 11) is 0. The van der Waals surface area contributed by atoms with E-state index in [0.717, 1.165) is 0 Å². The Morgan fingerprint density at radius 3 is 2.20 bits per heavy atom. The number of nitrogens with one attached hydrogen (secondary N) is 1. The van der Waals surface area contributed by atoms with Gasteiger partial charge in [-0.15, -0.1) is 0 Å². The quantitative estimate of drug-likeness (QED) is 0.669. The Morgan fingerprint density at radius 1 is 1.40 bits per heavy atom. The van der Waals surface area contributed by atoms with Gasteiger partial charge < -0.3 is 0 Å². The number of hydrogen-bond acceptors (Lipinski definition) is 1. The third-order valence-corrected chi connectivity index (χ3v) is 1.66. The minimum Gasteiger partial charge on any atom is -0.277 e. The first-order chi connectivity index (χ1) is 4.50. The Hall–Kier alpha value is 0.370. The average Bonchev–Trinajstić information content (AvgIpc) is 2.11. The summed E-state index contributed by atoms with van der Waals surface area (Å²) in [6, 6.07) is 1.45. The maximum Gasteiger partial charge on any atom is 0.232 e. The molecular weight excluding hydrogens is 218 g/mol. The second-order valence-corrected chi connectivity index (χ2v) is 4.27. The first-order valence-electron chi connectivity index (χ1n) is 2.28. The first kappa shape index (κ1) is 8.47. The zero-order chi connectivity index (χ0) is 7.78. The van der Waals surface area contributed by atoms with Gasteiger partial charge >= 0.3 is 0 Å². The number of aromatic nitrogens is 2. The molecule has 0 radical (unpaired) electrons. The number of rotatable bonds is 0. The third kappa shape index (κ3) is 1.92.